The van der Waals surface area contributed by atoms with Crippen LogP contribution in [0, 0.1) is 6.92 Å². The van der Waals surface area contributed by atoms with E-state index in [2.05, 4.69) is 59.9 Å². The van der Waals surface area contributed by atoms with Crippen LogP contribution in [0.25, 0.3) is 11.0 Å². The highest BCUT2D eigenvalue weighted by atomic mass is 32.2. The zero-order chi connectivity index (χ0) is 15.0. The summed E-state index contributed by atoms with van der Waals surface area (Å²) in [6, 6.07) is 6.18. The Morgan fingerprint density at radius 2 is 2.05 bits per heavy atom. The van der Waals surface area contributed by atoms with Crippen molar-refractivity contribution in [3.05, 3.63) is 35.5 Å². The fraction of sp³-hybridized carbons (Fsp3) is 0.400. The standard InChI is InChI=1S/C15H18N4OS/c1-9-5-6-10-11(7-9)17-14(16-10)21-8-12-18-13(19-20-12)15(2,3)4/h5-7H,8H2,1-4H3,(H,16,17). The molecule has 2 aromatic heterocycles. The van der Waals surface area contributed by atoms with E-state index in [4.69, 9.17) is 4.52 Å². The first kappa shape index (κ1) is 14.1. The molecule has 0 bridgehead atoms. The average molecular weight is 302 g/mol. The van der Waals surface area contributed by atoms with Crippen LogP contribution in [-0.4, -0.2) is 20.1 Å². The van der Waals surface area contributed by atoms with Gasteiger partial charge in [0.05, 0.1) is 16.8 Å². The number of fused-ring (bicyclic) bond motifs is 1. The summed E-state index contributed by atoms with van der Waals surface area (Å²) >= 11 is 1.57. The van der Waals surface area contributed by atoms with Crippen molar-refractivity contribution in [2.24, 2.45) is 0 Å². The highest BCUT2D eigenvalue weighted by Crippen LogP contribution is 2.24. The van der Waals surface area contributed by atoms with Crippen molar-refractivity contribution >= 4 is 22.8 Å². The normalized spacial score (nSPS) is 12.2. The van der Waals surface area contributed by atoms with Crippen LogP contribution >= 0.6 is 11.8 Å². The van der Waals surface area contributed by atoms with Crippen LogP contribution in [0.1, 0.15) is 38.0 Å². The van der Waals surface area contributed by atoms with Gasteiger partial charge in [0, 0.05) is 5.41 Å². The Kier molecular flexibility index (Phi) is 3.49. The van der Waals surface area contributed by atoms with E-state index in [-0.39, 0.29) is 5.41 Å². The van der Waals surface area contributed by atoms with Crippen molar-refractivity contribution in [3.8, 4) is 0 Å². The highest BCUT2D eigenvalue weighted by molar-refractivity contribution is 7.98. The lowest BCUT2D eigenvalue weighted by atomic mass is 9.96. The fourth-order valence-electron chi connectivity index (χ4n) is 1.92. The Hall–Kier alpha value is -1.82. The molecule has 0 saturated carbocycles. The molecule has 1 N–H and O–H groups in total. The first-order valence-electron chi connectivity index (χ1n) is 6.84. The second kappa shape index (κ2) is 5.18. The molecule has 0 unspecified atom stereocenters. The molecule has 0 spiro atoms. The molecule has 5 nitrogen and oxygen atoms in total. The Balaban J connectivity index is 1.73. The van der Waals surface area contributed by atoms with Crippen LogP contribution in [0.4, 0.5) is 0 Å². The van der Waals surface area contributed by atoms with Crippen LogP contribution in [-0.2, 0) is 11.2 Å². The minimum atomic E-state index is -0.0939. The zero-order valence-corrected chi connectivity index (χ0v) is 13.4. The quantitative estimate of drug-likeness (QED) is 0.744. The van der Waals surface area contributed by atoms with E-state index in [0.717, 1.165) is 22.0 Å². The summed E-state index contributed by atoms with van der Waals surface area (Å²) in [7, 11) is 0. The molecule has 6 heteroatoms. The number of nitrogens with zero attached hydrogens (tertiary/aromatic N) is 3. The molecule has 0 fully saturated rings. The number of benzene rings is 1. The van der Waals surface area contributed by atoms with E-state index < -0.39 is 0 Å². The number of aromatic amines is 1. The number of aromatic nitrogens is 4. The molecule has 0 aliphatic heterocycles. The summed E-state index contributed by atoms with van der Waals surface area (Å²) in [5.41, 5.74) is 3.15. The Morgan fingerprint density at radius 1 is 1.24 bits per heavy atom. The summed E-state index contributed by atoms with van der Waals surface area (Å²) in [5.74, 6) is 1.97. The van der Waals surface area contributed by atoms with Crippen molar-refractivity contribution in [3.63, 3.8) is 0 Å². The van der Waals surface area contributed by atoms with Crippen LogP contribution in [0.2, 0.25) is 0 Å². The molecule has 0 amide bonds. The monoisotopic (exact) mass is 302 g/mol. The van der Waals surface area contributed by atoms with Gasteiger partial charge in [0.15, 0.2) is 11.0 Å². The number of imidazole rings is 1. The Bertz CT molecular complexity index is 769. The maximum atomic E-state index is 5.28. The second-order valence-electron chi connectivity index (χ2n) is 6.11. The average Bonchev–Trinajstić information content (AvgIpc) is 3.01. The smallest absolute Gasteiger partial charge is 0.237 e. The Morgan fingerprint density at radius 3 is 2.76 bits per heavy atom. The first-order chi connectivity index (χ1) is 9.91. The molecular formula is C15H18N4OS. The lowest BCUT2D eigenvalue weighted by molar-refractivity contribution is 0.373. The molecule has 3 aromatic rings. The van der Waals surface area contributed by atoms with Gasteiger partial charge in [-0.1, -0.05) is 43.8 Å². The summed E-state index contributed by atoms with van der Waals surface area (Å²) < 4.78 is 5.28. The van der Waals surface area contributed by atoms with Gasteiger partial charge < -0.3 is 9.51 Å². The molecule has 3 rings (SSSR count). The van der Waals surface area contributed by atoms with E-state index in [0.29, 0.717) is 11.6 Å². The number of thioether (sulfide) groups is 1. The van der Waals surface area contributed by atoms with Gasteiger partial charge in [0.2, 0.25) is 5.89 Å². The topological polar surface area (TPSA) is 67.6 Å². The molecule has 1 aromatic carbocycles. The third kappa shape index (κ3) is 3.10. The molecule has 0 atom stereocenters. The largest absolute Gasteiger partial charge is 0.338 e. The maximum absolute atomic E-state index is 5.28. The summed E-state index contributed by atoms with van der Waals surface area (Å²) in [6.07, 6.45) is 0. The van der Waals surface area contributed by atoms with Crippen molar-refractivity contribution in [1.82, 2.24) is 20.1 Å². The van der Waals surface area contributed by atoms with Crippen molar-refractivity contribution in [1.29, 1.82) is 0 Å². The van der Waals surface area contributed by atoms with Crippen molar-refractivity contribution < 1.29 is 4.52 Å². The zero-order valence-electron chi connectivity index (χ0n) is 12.6. The lowest BCUT2D eigenvalue weighted by Gasteiger charge is -2.10. The molecule has 0 radical (unpaired) electrons. The SMILES string of the molecule is Cc1ccc2nc(SCc3nc(C(C)(C)C)no3)[nH]c2c1. The van der Waals surface area contributed by atoms with Crippen molar-refractivity contribution in [2.45, 2.75) is 44.0 Å². The van der Waals surface area contributed by atoms with E-state index in [1.54, 1.807) is 11.8 Å². The summed E-state index contributed by atoms with van der Waals surface area (Å²) in [5, 5.41) is 4.89. The highest BCUT2D eigenvalue weighted by Gasteiger charge is 2.21. The summed E-state index contributed by atoms with van der Waals surface area (Å²) in [4.78, 5) is 12.3. The minimum absolute atomic E-state index is 0.0939. The van der Waals surface area contributed by atoms with E-state index in [9.17, 15) is 0 Å². The third-order valence-electron chi connectivity index (χ3n) is 3.09. The number of nitrogens with one attached hydrogen (secondary N) is 1. The van der Waals surface area contributed by atoms with E-state index in [1.165, 1.54) is 5.56 Å². The van der Waals surface area contributed by atoms with Gasteiger partial charge in [-0.15, -0.1) is 0 Å². The van der Waals surface area contributed by atoms with Crippen LogP contribution < -0.4 is 0 Å². The summed E-state index contributed by atoms with van der Waals surface area (Å²) in [6.45, 7) is 8.27. The van der Waals surface area contributed by atoms with E-state index in [1.807, 2.05) is 6.07 Å². The minimum Gasteiger partial charge on any atom is -0.338 e. The molecular weight excluding hydrogens is 284 g/mol. The molecule has 2 heterocycles. The van der Waals surface area contributed by atoms with Gasteiger partial charge >= 0.3 is 0 Å². The number of hydrogen-bond acceptors (Lipinski definition) is 5. The lowest BCUT2D eigenvalue weighted by Crippen LogP contribution is -2.13. The molecule has 110 valence electrons. The molecule has 0 saturated heterocycles. The number of hydrogen-bond donors (Lipinski definition) is 1. The van der Waals surface area contributed by atoms with E-state index >= 15 is 0 Å². The number of H-pyrrole nitrogens is 1. The Labute approximate surface area is 127 Å². The van der Waals surface area contributed by atoms with Gasteiger partial charge in [-0.05, 0) is 24.6 Å². The predicted octanol–water partition coefficient (Wildman–Crippen LogP) is 3.84. The van der Waals surface area contributed by atoms with Gasteiger partial charge in [0.25, 0.3) is 0 Å². The number of aryl methyl sites for hydroxylation is 1. The first-order valence-corrected chi connectivity index (χ1v) is 7.82. The van der Waals surface area contributed by atoms with Crippen molar-refractivity contribution in [2.75, 3.05) is 0 Å². The molecule has 21 heavy (non-hydrogen) atoms. The maximum Gasteiger partial charge on any atom is 0.237 e. The second-order valence-corrected chi connectivity index (χ2v) is 7.08. The molecule has 0 aliphatic carbocycles. The van der Waals surface area contributed by atoms with Gasteiger partial charge in [-0.25, -0.2) is 4.98 Å². The number of rotatable bonds is 3. The molecule has 0 aliphatic rings. The van der Waals surface area contributed by atoms with Crippen LogP contribution in [0.5, 0.6) is 0 Å². The third-order valence-corrected chi connectivity index (χ3v) is 3.95. The van der Waals surface area contributed by atoms with Gasteiger partial charge in [0.1, 0.15) is 0 Å². The van der Waals surface area contributed by atoms with Crippen LogP contribution in [0.15, 0.2) is 27.9 Å². The fourth-order valence-corrected chi connectivity index (χ4v) is 2.64. The predicted molar refractivity (Wildman–Crippen MR) is 83.4 cm³/mol. The van der Waals surface area contributed by atoms with Gasteiger partial charge in [-0.2, -0.15) is 4.98 Å². The van der Waals surface area contributed by atoms with Gasteiger partial charge in [-0.3, -0.25) is 0 Å². The van der Waals surface area contributed by atoms with Crippen LogP contribution in [0.3, 0.4) is 0 Å².